The van der Waals surface area contributed by atoms with Crippen LogP contribution in [-0.2, 0) is 4.79 Å². The Hall–Kier alpha value is -1.97. The van der Waals surface area contributed by atoms with Gasteiger partial charge in [-0.15, -0.1) is 0 Å². The summed E-state index contributed by atoms with van der Waals surface area (Å²) in [5.41, 5.74) is 1.51. The van der Waals surface area contributed by atoms with Gasteiger partial charge in [0.1, 0.15) is 18.1 Å². The Labute approximate surface area is 113 Å². The molecule has 1 heterocycles. The summed E-state index contributed by atoms with van der Waals surface area (Å²) in [5.74, 6) is 1.46. The summed E-state index contributed by atoms with van der Waals surface area (Å²) in [4.78, 5) is 12.0. The highest BCUT2D eigenvalue weighted by molar-refractivity contribution is 5.99. The van der Waals surface area contributed by atoms with Crippen molar-refractivity contribution in [1.29, 1.82) is 0 Å². The Morgan fingerprint density at radius 1 is 1.53 bits per heavy atom. The second-order valence-electron chi connectivity index (χ2n) is 4.64. The molecule has 1 N–H and O–H groups in total. The highest BCUT2D eigenvalue weighted by Crippen LogP contribution is 2.29. The predicted octanol–water partition coefficient (Wildman–Crippen LogP) is 2.39. The predicted molar refractivity (Wildman–Crippen MR) is 74.4 cm³/mol. The molecule has 1 aliphatic rings. The topological polar surface area (TPSA) is 47.6 Å². The Bertz CT molecular complexity index is 508. The summed E-state index contributed by atoms with van der Waals surface area (Å²) < 4.78 is 10.8. The first-order valence-corrected chi connectivity index (χ1v) is 6.46. The molecule has 1 amide bonds. The van der Waals surface area contributed by atoms with Crippen molar-refractivity contribution < 1.29 is 14.3 Å². The Morgan fingerprint density at radius 2 is 2.32 bits per heavy atom. The number of nitrogens with one attached hydrogen (secondary N) is 1. The van der Waals surface area contributed by atoms with E-state index >= 15 is 0 Å². The van der Waals surface area contributed by atoms with Crippen molar-refractivity contribution >= 4 is 12.0 Å². The average molecular weight is 261 g/mol. The van der Waals surface area contributed by atoms with Crippen LogP contribution in [0.3, 0.4) is 0 Å². The number of carbonyl (C=O) groups is 1. The van der Waals surface area contributed by atoms with Gasteiger partial charge >= 0.3 is 0 Å². The molecule has 2 rings (SSSR count). The van der Waals surface area contributed by atoms with Crippen LogP contribution in [0.15, 0.2) is 23.8 Å². The standard InChI is InChI=1S/C15H19NO3/c1-4-10(2)16-15(17)12-7-11-8-13(18-3)5-6-14(11)19-9-12/h5-8,10H,4,9H2,1-3H3,(H,16,17). The minimum Gasteiger partial charge on any atom is -0.497 e. The van der Waals surface area contributed by atoms with Gasteiger partial charge in [0.05, 0.1) is 12.7 Å². The summed E-state index contributed by atoms with van der Waals surface area (Å²) >= 11 is 0. The summed E-state index contributed by atoms with van der Waals surface area (Å²) in [5, 5.41) is 2.94. The summed E-state index contributed by atoms with van der Waals surface area (Å²) in [6, 6.07) is 5.73. The number of methoxy groups -OCH3 is 1. The fourth-order valence-corrected chi connectivity index (χ4v) is 1.83. The first kappa shape index (κ1) is 13.5. The summed E-state index contributed by atoms with van der Waals surface area (Å²) in [6.45, 7) is 4.33. The zero-order valence-corrected chi connectivity index (χ0v) is 11.5. The normalized spacial score (nSPS) is 14.8. The van der Waals surface area contributed by atoms with Crippen molar-refractivity contribution in [2.24, 2.45) is 0 Å². The zero-order chi connectivity index (χ0) is 13.8. The van der Waals surface area contributed by atoms with Gasteiger partial charge in [0.15, 0.2) is 0 Å². The van der Waals surface area contributed by atoms with E-state index in [4.69, 9.17) is 9.47 Å². The maximum atomic E-state index is 12.0. The monoisotopic (exact) mass is 261 g/mol. The molecule has 102 valence electrons. The molecule has 1 aromatic carbocycles. The molecule has 4 heteroatoms. The van der Waals surface area contributed by atoms with Gasteiger partial charge in [-0.05, 0) is 37.6 Å². The van der Waals surface area contributed by atoms with E-state index in [1.165, 1.54) is 0 Å². The van der Waals surface area contributed by atoms with Crippen LogP contribution in [0.25, 0.3) is 6.08 Å². The Balaban J connectivity index is 2.20. The molecular formula is C15H19NO3. The van der Waals surface area contributed by atoms with Gasteiger partial charge < -0.3 is 14.8 Å². The molecule has 0 saturated heterocycles. The molecule has 0 fully saturated rings. The van der Waals surface area contributed by atoms with Gasteiger partial charge in [0.2, 0.25) is 0 Å². The number of carbonyl (C=O) groups excluding carboxylic acids is 1. The summed E-state index contributed by atoms with van der Waals surface area (Å²) in [7, 11) is 1.62. The third kappa shape index (κ3) is 3.08. The van der Waals surface area contributed by atoms with Crippen LogP contribution in [0.4, 0.5) is 0 Å². The van der Waals surface area contributed by atoms with E-state index < -0.39 is 0 Å². The lowest BCUT2D eigenvalue weighted by molar-refractivity contribution is -0.118. The molecule has 0 aromatic heterocycles. The van der Waals surface area contributed by atoms with E-state index in [0.29, 0.717) is 12.2 Å². The first-order chi connectivity index (χ1) is 9.13. The average Bonchev–Trinajstić information content (AvgIpc) is 2.45. The number of rotatable bonds is 4. The van der Waals surface area contributed by atoms with E-state index in [0.717, 1.165) is 23.5 Å². The molecule has 19 heavy (non-hydrogen) atoms. The highest BCUT2D eigenvalue weighted by Gasteiger charge is 2.18. The minimum absolute atomic E-state index is 0.0668. The zero-order valence-electron chi connectivity index (χ0n) is 11.5. The molecule has 0 radical (unpaired) electrons. The Kier molecular flexibility index (Phi) is 4.10. The van der Waals surface area contributed by atoms with E-state index in [1.54, 1.807) is 7.11 Å². The number of amides is 1. The van der Waals surface area contributed by atoms with Crippen LogP contribution in [-0.4, -0.2) is 25.7 Å². The van der Waals surface area contributed by atoms with Crippen molar-refractivity contribution in [3.05, 3.63) is 29.3 Å². The van der Waals surface area contributed by atoms with E-state index in [9.17, 15) is 4.79 Å². The van der Waals surface area contributed by atoms with Crippen molar-refractivity contribution in [3.8, 4) is 11.5 Å². The van der Waals surface area contributed by atoms with Crippen LogP contribution in [0.2, 0.25) is 0 Å². The van der Waals surface area contributed by atoms with Gasteiger partial charge in [0.25, 0.3) is 5.91 Å². The number of ether oxygens (including phenoxy) is 2. The lowest BCUT2D eigenvalue weighted by Crippen LogP contribution is -2.35. The van der Waals surface area contributed by atoms with Crippen molar-refractivity contribution in [3.63, 3.8) is 0 Å². The molecule has 1 aliphatic heterocycles. The number of benzene rings is 1. The molecule has 0 saturated carbocycles. The van der Waals surface area contributed by atoms with E-state index in [2.05, 4.69) is 5.32 Å². The Morgan fingerprint density at radius 3 is 3.00 bits per heavy atom. The molecule has 1 atom stereocenters. The van der Waals surface area contributed by atoms with Crippen LogP contribution in [0.5, 0.6) is 11.5 Å². The van der Waals surface area contributed by atoms with Crippen LogP contribution in [0, 0.1) is 0 Å². The van der Waals surface area contributed by atoms with E-state index in [-0.39, 0.29) is 11.9 Å². The SMILES string of the molecule is CCC(C)NC(=O)C1=Cc2cc(OC)ccc2OC1. The quantitative estimate of drug-likeness (QED) is 0.905. The van der Waals surface area contributed by atoms with Gasteiger partial charge in [-0.1, -0.05) is 6.92 Å². The van der Waals surface area contributed by atoms with Crippen LogP contribution >= 0.6 is 0 Å². The van der Waals surface area contributed by atoms with E-state index in [1.807, 2.05) is 38.1 Å². The highest BCUT2D eigenvalue weighted by atomic mass is 16.5. The molecule has 0 aliphatic carbocycles. The molecule has 4 nitrogen and oxygen atoms in total. The number of hydrogen-bond donors (Lipinski definition) is 1. The smallest absolute Gasteiger partial charge is 0.250 e. The fraction of sp³-hybridized carbons (Fsp3) is 0.400. The van der Waals surface area contributed by atoms with Crippen molar-refractivity contribution in [2.75, 3.05) is 13.7 Å². The largest absolute Gasteiger partial charge is 0.497 e. The van der Waals surface area contributed by atoms with Crippen molar-refractivity contribution in [2.45, 2.75) is 26.3 Å². The number of hydrogen-bond acceptors (Lipinski definition) is 3. The third-order valence-corrected chi connectivity index (χ3v) is 3.21. The van der Waals surface area contributed by atoms with Crippen LogP contribution in [0.1, 0.15) is 25.8 Å². The van der Waals surface area contributed by atoms with Gasteiger partial charge in [-0.25, -0.2) is 0 Å². The molecule has 0 bridgehead atoms. The first-order valence-electron chi connectivity index (χ1n) is 6.46. The van der Waals surface area contributed by atoms with Gasteiger partial charge in [-0.3, -0.25) is 4.79 Å². The number of fused-ring (bicyclic) bond motifs is 1. The second-order valence-corrected chi connectivity index (χ2v) is 4.64. The summed E-state index contributed by atoms with van der Waals surface area (Å²) in [6.07, 6.45) is 2.77. The molecular weight excluding hydrogens is 242 g/mol. The van der Waals surface area contributed by atoms with Gasteiger partial charge in [0, 0.05) is 11.6 Å². The molecule has 0 spiro atoms. The van der Waals surface area contributed by atoms with Gasteiger partial charge in [-0.2, -0.15) is 0 Å². The fourth-order valence-electron chi connectivity index (χ4n) is 1.83. The third-order valence-electron chi connectivity index (χ3n) is 3.21. The molecule has 1 aromatic rings. The van der Waals surface area contributed by atoms with Crippen molar-refractivity contribution in [1.82, 2.24) is 5.32 Å². The lowest BCUT2D eigenvalue weighted by atomic mass is 10.1. The van der Waals surface area contributed by atoms with Crippen LogP contribution < -0.4 is 14.8 Å². The second kappa shape index (κ2) is 5.78. The minimum atomic E-state index is -0.0668. The maximum Gasteiger partial charge on any atom is 0.250 e. The molecule has 1 unspecified atom stereocenters. The maximum absolute atomic E-state index is 12.0. The lowest BCUT2D eigenvalue weighted by Gasteiger charge is -2.19.